The van der Waals surface area contributed by atoms with E-state index in [0.29, 0.717) is 23.6 Å². The van der Waals surface area contributed by atoms with Crippen molar-refractivity contribution in [1.82, 2.24) is 10.6 Å². The third-order valence-electron chi connectivity index (χ3n) is 5.13. The second-order valence-electron chi connectivity index (χ2n) is 7.41. The lowest BCUT2D eigenvalue weighted by molar-refractivity contribution is -0.120. The van der Waals surface area contributed by atoms with Crippen LogP contribution in [-0.2, 0) is 4.79 Å². The molecule has 1 atom stereocenters. The van der Waals surface area contributed by atoms with Crippen LogP contribution >= 0.6 is 12.2 Å². The third-order valence-corrected chi connectivity index (χ3v) is 5.33. The molecule has 0 radical (unpaired) electrons. The van der Waals surface area contributed by atoms with E-state index in [-0.39, 0.29) is 23.0 Å². The standard InChI is InChI=1S/C21H31N3O2S/c1-3-15(2)22-20(26)17-10-7-11-18(14-17)23-21(27)24-19(25)13-12-16-8-5-4-6-9-16/h7,10-11,14-16H,3-6,8-9,12-13H2,1-2H3,(H,22,26)(H2,23,24,25,27). The van der Waals surface area contributed by atoms with E-state index in [0.717, 1.165) is 12.8 Å². The quantitative estimate of drug-likeness (QED) is 0.605. The van der Waals surface area contributed by atoms with Crippen LogP contribution in [0, 0.1) is 5.92 Å². The molecule has 1 aromatic carbocycles. The minimum Gasteiger partial charge on any atom is -0.350 e. The van der Waals surface area contributed by atoms with Gasteiger partial charge in [0.15, 0.2) is 5.11 Å². The van der Waals surface area contributed by atoms with E-state index in [1.54, 1.807) is 18.2 Å². The minimum atomic E-state index is -0.115. The average molecular weight is 390 g/mol. The highest BCUT2D eigenvalue weighted by Gasteiger charge is 2.15. The monoisotopic (exact) mass is 389 g/mol. The Balaban J connectivity index is 1.79. The van der Waals surface area contributed by atoms with Crippen molar-refractivity contribution in [2.24, 2.45) is 5.92 Å². The zero-order chi connectivity index (χ0) is 19.6. The molecule has 0 aliphatic heterocycles. The van der Waals surface area contributed by atoms with Crippen molar-refractivity contribution < 1.29 is 9.59 Å². The maximum atomic E-state index is 12.2. The van der Waals surface area contributed by atoms with Gasteiger partial charge in [0.1, 0.15) is 0 Å². The summed E-state index contributed by atoms with van der Waals surface area (Å²) in [5, 5.41) is 8.94. The van der Waals surface area contributed by atoms with Gasteiger partial charge in [-0.2, -0.15) is 0 Å². The van der Waals surface area contributed by atoms with Crippen LogP contribution in [0.3, 0.4) is 0 Å². The molecule has 1 aliphatic rings. The van der Waals surface area contributed by atoms with Gasteiger partial charge in [0.05, 0.1) is 0 Å². The van der Waals surface area contributed by atoms with E-state index >= 15 is 0 Å². The first-order valence-corrected chi connectivity index (χ1v) is 10.4. The van der Waals surface area contributed by atoms with E-state index in [1.807, 2.05) is 19.9 Å². The van der Waals surface area contributed by atoms with Crippen LogP contribution in [0.2, 0.25) is 0 Å². The summed E-state index contributed by atoms with van der Waals surface area (Å²) >= 11 is 5.24. The highest BCUT2D eigenvalue weighted by molar-refractivity contribution is 7.80. The Labute approximate surface area is 167 Å². The molecule has 0 bridgehead atoms. The number of amides is 2. The van der Waals surface area contributed by atoms with Crippen molar-refractivity contribution in [2.75, 3.05) is 5.32 Å². The number of anilines is 1. The first kappa shape index (κ1) is 21.4. The predicted molar refractivity (Wildman–Crippen MR) is 114 cm³/mol. The zero-order valence-corrected chi connectivity index (χ0v) is 17.2. The number of hydrogen-bond donors (Lipinski definition) is 3. The maximum Gasteiger partial charge on any atom is 0.251 e. The van der Waals surface area contributed by atoms with Crippen molar-refractivity contribution >= 4 is 34.8 Å². The maximum absolute atomic E-state index is 12.2. The fraction of sp³-hybridized carbons (Fsp3) is 0.571. The van der Waals surface area contributed by atoms with Gasteiger partial charge in [0.2, 0.25) is 5.91 Å². The molecule has 1 saturated carbocycles. The van der Waals surface area contributed by atoms with Crippen LogP contribution in [0.15, 0.2) is 24.3 Å². The first-order chi connectivity index (χ1) is 13.0. The van der Waals surface area contributed by atoms with E-state index in [4.69, 9.17) is 12.2 Å². The molecule has 3 N–H and O–H groups in total. The smallest absolute Gasteiger partial charge is 0.251 e. The lowest BCUT2D eigenvalue weighted by atomic mass is 9.86. The largest absolute Gasteiger partial charge is 0.350 e. The summed E-state index contributed by atoms with van der Waals surface area (Å²) in [5.74, 6) is 0.505. The molecule has 1 aliphatic carbocycles. The van der Waals surface area contributed by atoms with E-state index in [9.17, 15) is 9.59 Å². The summed E-state index contributed by atoms with van der Waals surface area (Å²) in [4.78, 5) is 24.3. The van der Waals surface area contributed by atoms with Crippen LogP contribution in [0.1, 0.15) is 75.6 Å². The SMILES string of the molecule is CCC(C)NC(=O)c1cccc(NC(=S)NC(=O)CCC2CCCCC2)c1. The van der Waals surface area contributed by atoms with Gasteiger partial charge in [-0.05, 0) is 56.1 Å². The molecule has 5 nitrogen and oxygen atoms in total. The molecule has 1 unspecified atom stereocenters. The van der Waals surface area contributed by atoms with Crippen molar-refractivity contribution in [2.45, 2.75) is 71.3 Å². The summed E-state index contributed by atoms with van der Waals surface area (Å²) in [6.45, 7) is 4.00. The molecule has 1 aromatic rings. The molecular formula is C21H31N3O2S. The Kier molecular flexibility index (Phi) is 8.72. The minimum absolute atomic E-state index is 0.0521. The molecule has 1 fully saturated rings. The lowest BCUT2D eigenvalue weighted by Crippen LogP contribution is -2.34. The highest BCUT2D eigenvalue weighted by Crippen LogP contribution is 2.27. The molecule has 2 rings (SSSR count). The van der Waals surface area contributed by atoms with Crippen molar-refractivity contribution in [1.29, 1.82) is 0 Å². The molecule has 6 heteroatoms. The molecule has 0 saturated heterocycles. The van der Waals surface area contributed by atoms with Crippen molar-refractivity contribution in [3.05, 3.63) is 29.8 Å². The predicted octanol–water partition coefficient (Wildman–Crippen LogP) is 4.39. The molecule has 0 heterocycles. The molecule has 0 spiro atoms. The molecule has 27 heavy (non-hydrogen) atoms. The van der Waals surface area contributed by atoms with Gasteiger partial charge in [0, 0.05) is 23.7 Å². The normalized spacial score (nSPS) is 15.6. The Hall–Kier alpha value is -1.95. The van der Waals surface area contributed by atoms with Crippen molar-refractivity contribution in [3.8, 4) is 0 Å². The van der Waals surface area contributed by atoms with E-state index in [2.05, 4.69) is 16.0 Å². The first-order valence-electron chi connectivity index (χ1n) is 9.99. The second kappa shape index (κ2) is 11.0. The third kappa shape index (κ3) is 7.67. The fourth-order valence-electron chi connectivity index (χ4n) is 3.31. The topological polar surface area (TPSA) is 70.2 Å². The molecule has 148 valence electrons. The number of thiocarbonyl (C=S) groups is 1. The summed E-state index contributed by atoms with van der Waals surface area (Å²) < 4.78 is 0. The van der Waals surface area contributed by atoms with E-state index in [1.165, 1.54) is 32.1 Å². The summed E-state index contributed by atoms with van der Waals surface area (Å²) in [6.07, 6.45) is 8.68. The number of hydrogen-bond acceptors (Lipinski definition) is 3. The van der Waals surface area contributed by atoms with Crippen LogP contribution in [0.5, 0.6) is 0 Å². The van der Waals surface area contributed by atoms with Gasteiger partial charge >= 0.3 is 0 Å². The Morgan fingerprint density at radius 2 is 1.96 bits per heavy atom. The van der Waals surface area contributed by atoms with Gasteiger partial charge in [-0.15, -0.1) is 0 Å². The number of rotatable bonds is 7. The van der Waals surface area contributed by atoms with Crippen LogP contribution in [0.4, 0.5) is 5.69 Å². The lowest BCUT2D eigenvalue weighted by Gasteiger charge is -2.21. The Bertz CT molecular complexity index is 657. The Morgan fingerprint density at radius 1 is 1.22 bits per heavy atom. The van der Waals surface area contributed by atoms with Gasteiger partial charge in [-0.1, -0.05) is 45.1 Å². The molecule has 2 amide bonds. The van der Waals surface area contributed by atoms with Gasteiger partial charge in [-0.25, -0.2) is 0 Å². The highest BCUT2D eigenvalue weighted by atomic mass is 32.1. The average Bonchev–Trinajstić information content (AvgIpc) is 2.67. The van der Waals surface area contributed by atoms with Crippen LogP contribution in [-0.4, -0.2) is 23.0 Å². The number of carbonyl (C=O) groups excluding carboxylic acids is 2. The number of benzene rings is 1. The Morgan fingerprint density at radius 3 is 2.67 bits per heavy atom. The number of carbonyl (C=O) groups is 2. The summed E-state index contributed by atoms with van der Waals surface area (Å²) in [7, 11) is 0. The van der Waals surface area contributed by atoms with E-state index < -0.39 is 0 Å². The summed E-state index contributed by atoms with van der Waals surface area (Å²) in [6, 6.07) is 7.23. The van der Waals surface area contributed by atoms with Gasteiger partial charge in [0.25, 0.3) is 5.91 Å². The zero-order valence-electron chi connectivity index (χ0n) is 16.3. The van der Waals surface area contributed by atoms with Gasteiger partial charge < -0.3 is 16.0 Å². The number of nitrogens with one attached hydrogen (secondary N) is 3. The second-order valence-corrected chi connectivity index (χ2v) is 7.82. The molecule has 0 aromatic heterocycles. The summed E-state index contributed by atoms with van der Waals surface area (Å²) in [5.41, 5.74) is 1.25. The van der Waals surface area contributed by atoms with Crippen molar-refractivity contribution in [3.63, 3.8) is 0 Å². The fourth-order valence-corrected chi connectivity index (χ4v) is 3.54. The van der Waals surface area contributed by atoms with Gasteiger partial charge in [-0.3, -0.25) is 9.59 Å². The van der Waals surface area contributed by atoms with Crippen LogP contribution in [0.25, 0.3) is 0 Å². The van der Waals surface area contributed by atoms with Crippen LogP contribution < -0.4 is 16.0 Å². The molecular weight excluding hydrogens is 358 g/mol.